The Kier molecular flexibility index (Phi) is 4.63. The van der Waals surface area contributed by atoms with Crippen molar-refractivity contribution in [1.82, 2.24) is 15.1 Å². The Morgan fingerprint density at radius 2 is 1.93 bits per heavy atom. The van der Waals surface area contributed by atoms with Crippen LogP contribution in [-0.2, 0) is 17.5 Å². The van der Waals surface area contributed by atoms with E-state index in [-0.39, 0.29) is 12.4 Å². The lowest BCUT2D eigenvalue weighted by molar-refractivity contribution is -0.159. The van der Waals surface area contributed by atoms with Crippen LogP contribution < -0.4 is 5.32 Å². The van der Waals surface area contributed by atoms with Gasteiger partial charge in [-0.3, -0.25) is 10.3 Å². The molecule has 0 saturated carbocycles. The van der Waals surface area contributed by atoms with E-state index in [9.17, 15) is 18.0 Å². The summed E-state index contributed by atoms with van der Waals surface area (Å²) in [6.07, 6.45) is -0.759. The van der Waals surface area contributed by atoms with Crippen LogP contribution in [-0.4, -0.2) is 21.2 Å². The Balaban J connectivity index is 1.38. The van der Waals surface area contributed by atoms with Crippen LogP contribution in [0, 0.1) is 0 Å². The fourth-order valence-electron chi connectivity index (χ4n) is 2.51. The third kappa shape index (κ3) is 4.03. The van der Waals surface area contributed by atoms with Gasteiger partial charge in [0, 0.05) is 29.0 Å². The Bertz CT molecular complexity index is 1150. The van der Waals surface area contributed by atoms with Crippen LogP contribution in [0.15, 0.2) is 57.9 Å². The molecule has 3 aromatic heterocycles. The number of rotatable bonds is 4. The lowest BCUT2D eigenvalue weighted by atomic mass is 10.2. The van der Waals surface area contributed by atoms with Gasteiger partial charge in [-0.05, 0) is 30.3 Å². The topological polar surface area (TPSA) is 103 Å². The van der Waals surface area contributed by atoms with Gasteiger partial charge in [0.15, 0.2) is 0 Å². The maximum atomic E-state index is 12.5. The highest BCUT2D eigenvalue weighted by Gasteiger charge is 2.38. The molecule has 0 aliphatic carbocycles. The first-order valence-electron chi connectivity index (χ1n) is 8.15. The van der Waals surface area contributed by atoms with Crippen molar-refractivity contribution < 1.29 is 31.6 Å². The van der Waals surface area contributed by atoms with Gasteiger partial charge < -0.3 is 13.7 Å². The van der Waals surface area contributed by atoms with E-state index in [0.717, 1.165) is 5.39 Å². The summed E-state index contributed by atoms with van der Waals surface area (Å²) in [5, 5.41) is 6.59. The number of aromatic nitrogens is 3. The standard InChI is InChI=1S/C18H11F3N4O4/c19-18(20,21)16-24-15(25-29-16)10-1-3-13(4-2-10)23-17(26)28-9-12-8-22-7-11-5-6-27-14(11)12/h1-8H,9H2,(H,23,26). The lowest BCUT2D eigenvalue weighted by Gasteiger charge is -2.07. The smallest absolute Gasteiger partial charge is 0.464 e. The van der Waals surface area contributed by atoms with Gasteiger partial charge in [0.25, 0.3) is 0 Å². The number of hydrogen-bond donors (Lipinski definition) is 1. The average molecular weight is 404 g/mol. The molecule has 0 spiro atoms. The second-order valence-corrected chi connectivity index (χ2v) is 5.84. The van der Waals surface area contributed by atoms with Gasteiger partial charge in [-0.1, -0.05) is 5.16 Å². The van der Waals surface area contributed by atoms with Crippen LogP contribution in [0.3, 0.4) is 0 Å². The number of nitrogens with one attached hydrogen (secondary N) is 1. The highest BCUT2D eigenvalue weighted by molar-refractivity contribution is 5.85. The third-order valence-electron chi connectivity index (χ3n) is 3.85. The molecule has 4 aromatic rings. The largest absolute Gasteiger partial charge is 0.471 e. The van der Waals surface area contributed by atoms with Gasteiger partial charge in [0.1, 0.15) is 12.2 Å². The van der Waals surface area contributed by atoms with E-state index < -0.39 is 18.2 Å². The van der Waals surface area contributed by atoms with Crippen molar-refractivity contribution in [2.75, 3.05) is 5.32 Å². The van der Waals surface area contributed by atoms with E-state index in [2.05, 4.69) is 25.0 Å². The summed E-state index contributed by atoms with van der Waals surface area (Å²) >= 11 is 0. The van der Waals surface area contributed by atoms with Crippen LogP contribution in [0.25, 0.3) is 22.4 Å². The number of anilines is 1. The Morgan fingerprint density at radius 3 is 2.66 bits per heavy atom. The van der Waals surface area contributed by atoms with Gasteiger partial charge in [0.2, 0.25) is 5.82 Å². The molecule has 148 valence electrons. The summed E-state index contributed by atoms with van der Waals surface area (Å²) in [6, 6.07) is 7.56. The second-order valence-electron chi connectivity index (χ2n) is 5.84. The van der Waals surface area contributed by atoms with E-state index >= 15 is 0 Å². The Labute approximate surface area is 160 Å². The molecule has 0 fully saturated rings. The number of fused-ring (bicyclic) bond motifs is 1. The first-order chi connectivity index (χ1) is 13.9. The molecule has 0 bridgehead atoms. The molecule has 0 saturated heterocycles. The number of carbonyl (C=O) groups excluding carboxylic acids is 1. The summed E-state index contributed by atoms with van der Waals surface area (Å²) in [4.78, 5) is 19.3. The molecule has 3 heterocycles. The number of pyridine rings is 1. The maximum Gasteiger partial charge on any atom is 0.471 e. The first-order valence-corrected chi connectivity index (χ1v) is 8.15. The predicted molar refractivity (Wildman–Crippen MR) is 92.6 cm³/mol. The molecule has 0 unspecified atom stereocenters. The van der Waals surface area contributed by atoms with Gasteiger partial charge >= 0.3 is 18.2 Å². The zero-order chi connectivity index (χ0) is 20.4. The summed E-state index contributed by atoms with van der Waals surface area (Å²) in [6.45, 7) is -0.0507. The molecule has 8 nitrogen and oxygen atoms in total. The van der Waals surface area contributed by atoms with E-state index in [1.54, 1.807) is 12.3 Å². The number of ether oxygens (including phenoxy) is 1. The average Bonchev–Trinajstić information content (AvgIpc) is 3.36. The van der Waals surface area contributed by atoms with E-state index in [1.807, 2.05) is 0 Å². The number of benzene rings is 1. The SMILES string of the molecule is O=C(Nc1ccc(-c2noc(C(F)(F)F)n2)cc1)OCc1cncc2ccoc12. The van der Waals surface area contributed by atoms with E-state index in [1.165, 1.54) is 36.7 Å². The van der Waals surface area contributed by atoms with Crippen molar-refractivity contribution >= 4 is 22.7 Å². The fraction of sp³-hybridized carbons (Fsp3) is 0.111. The number of furan rings is 1. The minimum absolute atomic E-state index is 0.0507. The molecular weight excluding hydrogens is 393 g/mol. The predicted octanol–water partition coefficient (Wildman–Crippen LogP) is 4.65. The minimum atomic E-state index is -4.72. The number of nitrogens with zero attached hydrogens (tertiary/aromatic N) is 3. The number of amides is 1. The van der Waals surface area contributed by atoms with Crippen LogP contribution in [0.4, 0.5) is 23.7 Å². The van der Waals surface area contributed by atoms with Gasteiger partial charge in [-0.2, -0.15) is 18.2 Å². The number of halogens is 3. The molecule has 1 N–H and O–H groups in total. The Morgan fingerprint density at radius 1 is 1.14 bits per heavy atom. The molecular formula is C18H11F3N4O4. The number of alkyl halides is 3. The molecule has 1 amide bonds. The van der Waals surface area contributed by atoms with E-state index in [4.69, 9.17) is 9.15 Å². The van der Waals surface area contributed by atoms with Gasteiger partial charge in [-0.25, -0.2) is 4.79 Å². The summed E-state index contributed by atoms with van der Waals surface area (Å²) in [7, 11) is 0. The van der Waals surface area contributed by atoms with Crippen molar-refractivity contribution in [2.24, 2.45) is 0 Å². The molecule has 4 rings (SSSR count). The fourth-order valence-corrected chi connectivity index (χ4v) is 2.51. The zero-order valence-corrected chi connectivity index (χ0v) is 14.4. The molecule has 0 aliphatic heterocycles. The summed E-state index contributed by atoms with van der Waals surface area (Å²) in [5.74, 6) is -1.65. The quantitative estimate of drug-likeness (QED) is 0.528. The lowest BCUT2D eigenvalue weighted by Crippen LogP contribution is -2.13. The van der Waals surface area contributed by atoms with Crippen LogP contribution >= 0.6 is 0 Å². The molecule has 0 aliphatic rings. The van der Waals surface area contributed by atoms with Crippen molar-refractivity contribution in [2.45, 2.75) is 12.8 Å². The molecule has 0 atom stereocenters. The minimum Gasteiger partial charge on any atom is -0.464 e. The van der Waals surface area contributed by atoms with Crippen LogP contribution in [0.1, 0.15) is 11.5 Å². The second kappa shape index (κ2) is 7.26. The van der Waals surface area contributed by atoms with E-state index in [0.29, 0.717) is 22.4 Å². The van der Waals surface area contributed by atoms with Gasteiger partial charge in [0.05, 0.1) is 11.8 Å². The van der Waals surface area contributed by atoms with Crippen LogP contribution in [0.5, 0.6) is 0 Å². The Hall–Kier alpha value is -3.89. The number of hydrogen-bond acceptors (Lipinski definition) is 7. The van der Waals surface area contributed by atoms with Crippen molar-refractivity contribution in [1.29, 1.82) is 0 Å². The molecule has 0 radical (unpaired) electrons. The molecule has 11 heteroatoms. The van der Waals surface area contributed by atoms with Crippen LogP contribution in [0.2, 0.25) is 0 Å². The van der Waals surface area contributed by atoms with Gasteiger partial charge in [-0.15, -0.1) is 0 Å². The monoisotopic (exact) mass is 404 g/mol. The number of carbonyl (C=O) groups is 1. The third-order valence-corrected chi connectivity index (χ3v) is 3.85. The normalized spacial score (nSPS) is 11.6. The maximum absolute atomic E-state index is 12.5. The summed E-state index contributed by atoms with van der Waals surface area (Å²) in [5.41, 5.74) is 1.84. The molecule has 29 heavy (non-hydrogen) atoms. The van der Waals surface area contributed by atoms with Crippen molar-refractivity contribution in [3.05, 3.63) is 60.4 Å². The summed E-state index contributed by atoms with van der Waals surface area (Å²) < 4.78 is 52.2. The zero-order valence-electron chi connectivity index (χ0n) is 14.4. The van der Waals surface area contributed by atoms with Crippen molar-refractivity contribution in [3.8, 4) is 11.4 Å². The first kappa shape index (κ1) is 18.5. The highest BCUT2D eigenvalue weighted by Crippen LogP contribution is 2.29. The highest BCUT2D eigenvalue weighted by atomic mass is 19.4. The molecule has 1 aromatic carbocycles. The van der Waals surface area contributed by atoms with Crippen molar-refractivity contribution in [3.63, 3.8) is 0 Å².